The van der Waals surface area contributed by atoms with E-state index >= 15 is 0 Å². The molecule has 2 rings (SSSR count). The zero-order valence-corrected chi connectivity index (χ0v) is 14.2. The van der Waals surface area contributed by atoms with Gasteiger partial charge in [-0.25, -0.2) is 0 Å². The molecule has 1 heterocycles. The first-order chi connectivity index (χ1) is 10.7. The lowest BCUT2D eigenvalue weighted by Crippen LogP contribution is -2.30. The summed E-state index contributed by atoms with van der Waals surface area (Å²) in [6.07, 6.45) is 8.96. The molecular weight excluding hydrogens is 270 g/mol. The van der Waals surface area contributed by atoms with Gasteiger partial charge in [0.2, 0.25) is 0 Å². The molecule has 2 heteroatoms. The number of rotatable bonds is 8. The lowest BCUT2D eigenvalue weighted by atomic mass is 9.97. The number of hydrogen-bond acceptors (Lipinski definition) is 2. The summed E-state index contributed by atoms with van der Waals surface area (Å²) in [4.78, 5) is 14.8. The molecule has 0 spiro atoms. The zero-order valence-electron chi connectivity index (χ0n) is 14.2. The van der Waals surface area contributed by atoms with Crippen molar-refractivity contribution in [1.29, 1.82) is 0 Å². The molecule has 1 radical (unpaired) electrons. The lowest BCUT2D eigenvalue weighted by molar-refractivity contribution is 0.0978. The molecule has 1 aromatic rings. The first-order valence-electron chi connectivity index (χ1n) is 8.84. The number of likely N-dealkylation sites (tertiary alicyclic amines) is 1. The number of benzene rings is 1. The van der Waals surface area contributed by atoms with Crippen LogP contribution in [0.3, 0.4) is 0 Å². The molecule has 1 aliphatic heterocycles. The van der Waals surface area contributed by atoms with E-state index in [-0.39, 0.29) is 0 Å². The van der Waals surface area contributed by atoms with Gasteiger partial charge in [-0.2, -0.15) is 0 Å². The Bertz CT molecular complexity index is 461. The lowest BCUT2D eigenvalue weighted by Gasteiger charge is -2.26. The molecule has 0 bridgehead atoms. The van der Waals surface area contributed by atoms with Gasteiger partial charge in [0.05, 0.1) is 0 Å². The van der Waals surface area contributed by atoms with Crippen LogP contribution in [0.1, 0.15) is 74.2 Å². The summed E-state index contributed by atoms with van der Waals surface area (Å²) in [5, 5.41) is 0. The first kappa shape index (κ1) is 17.2. The Kier molecular flexibility index (Phi) is 7.11. The predicted octanol–water partition coefficient (Wildman–Crippen LogP) is 4.85. The van der Waals surface area contributed by atoms with Gasteiger partial charge in [-0.15, -0.1) is 0 Å². The molecule has 0 unspecified atom stereocenters. The van der Waals surface area contributed by atoms with E-state index in [0.29, 0.717) is 18.1 Å². The second-order valence-corrected chi connectivity index (χ2v) is 6.72. The molecule has 1 aliphatic rings. The molecule has 1 fully saturated rings. The van der Waals surface area contributed by atoms with E-state index in [0.717, 1.165) is 18.4 Å². The highest BCUT2D eigenvalue weighted by atomic mass is 16.1. The first-order valence-corrected chi connectivity index (χ1v) is 8.84. The maximum absolute atomic E-state index is 12.3. The molecule has 2 nitrogen and oxygen atoms in total. The normalized spacial score (nSPS) is 16.1. The smallest absolute Gasteiger partial charge is 0.162 e. The fraction of sp³-hybridized carbons (Fsp3) is 0.600. The third-order valence-corrected chi connectivity index (χ3v) is 4.55. The second kappa shape index (κ2) is 9.09. The van der Waals surface area contributed by atoms with Crippen LogP contribution in [-0.4, -0.2) is 30.3 Å². The van der Waals surface area contributed by atoms with Gasteiger partial charge in [-0.3, -0.25) is 4.79 Å². The quantitative estimate of drug-likeness (QED) is 0.505. The molecule has 0 N–H and O–H groups in total. The van der Waals surface area contributed by atoms with E-state index in [1.807, 2.05) is 12.1 Å². The van der Waals surface area contributed by atoms with Gasteiger partial charge in [0.25, 0.3) is 0 Å². The van der Waals surface area contributed by atoms with Crippen molar-refractivity contribution >= 4 is 5.78 Å². The fourth-order valence-corrected chi connectivity index (χ4v) is 3.04. The van der Waals surface area contributed by atoms with E-state index in [1.165, 1.54) is 44.5 Å². The number of Topliss-reactive ketones (excluding diaryl/α,β-unsaturated/α-hetero) is 1. The molecule has 0 aliphatic carbocycles. The number of unbranched alkanes of at least 4 members (excludes halogenated alkanes) is 2. The Hall–Kier alpha value is -1.15. The molecular formula is C20H30NO. The zero-order chi connectivity index (χ0) is 15.8. The summed E-state index contributed by atoms with van der Waals surface area (Å²) in [7, 11) is 0. The fourth-order valence-electron chi connectivity index (χ4n) is 3.04. The van der Waals surface area contributed by atoms with Crippen LogP contribution in [0.4, 0.5) is 0 Å². The molecule has 0 saturated carbocycles. The number of carbonyl (C=O) groups is 1. The van der Waals surface area contributed by atoms with Crippen LogP contribution in [-0.2, 0) is 0 Å². The summed E-state index contributed by atoms with van der Waals surface area (Å²) in [5.74, 6) is 0.782. The number of piperidine rings is 1. The standard InChI is InChI=1S/C20H30NO/c1-17(2)18-10-9-11-19(16-18)20(22)12-5-3-6-13-21-14-7-4-8-15-21/h4,9-11,16-17H,3,5-8,12-15H2,1-2H3. The van der Waals surface area contributed by atoms with Crippen LogP contribution < -0.4 is 0 Å². The highest BCUT2D eigenvalue weighted by molar-refractivity contribution is 5.96. The van der Waals surface area contributed by atoms with Crippen molar-refractivity contribution < 1.29 is 4.79 Å². The van der Waals surface area contributed by atoms with Crippen molar-refractivity contribution in [2.45, 2.75) is 58.3 Å². The molecule has 1 saturated heterocycles. The van der Waals surface area contributed by atoms with Crippen molar-refractivity contribution in [3.63, 3.8) is 0 Å². The minimum Gasteiger partial charge on any atom is -0.303 e. The maximum atomic E-state index is 12.3. The largest absolute Gasteiger partial charge is 0.303 e. The maximum Gasteiger partial charge on any atom is 0.162 e. The number of carbonyl (C=O) groups excluding carboxylic acids is 1. The highest BCUT2D eigenvalue weighted by Gasteiger charge is 2.10. The summed E-state index contributed by atoms with van der Waals surface area (Å²) in [6, 6.07) is 8.14. The molecule has 121 valence electrons. The minimum atomic E-state index is 0.301. The van der Waals surface area contributed by atoms with Crippen molar-refractivity contribution in [3.05, 3.63) is 41.8 Å². The third kappa shape index (κ3) is 5.57. The summed E-state index contributed by atoms with van der Waals surface area (Å²) in [6.45, 7) is 7.98. The van der Waals surface area contributed by atoms with E-state index in [1.54, 1.807) is 0 Å². The van der Waals surface area contributed by atoms with E-state index in [4.69, 9.17) is 0 Å². The topological polar surface area (TPSA) is 20.3 Å². The number of nitrogens with zero attached hydrogens (tertiary/aromatic N) is 1. The second-order valence-electron chi connectivity index (χ2n) is 6.72. The molecule has 22 heavy (non-hydrogen) atoms. The van der Waals surface area contributed by atoms with Crippen molar-refractivity contribution in [2.75, 3.05) is 19.6 Å². The number of hydrogen-bond donors (Lipinski definition) is 0. The van der Waals surface area contributed by atoms with Crippen LogP contribution in [0.2, 0.25) is 0 Å². The van der Waals surface area contributed by atoms with Crippen molar-refractivity contribution in [2.24, 2.45) is 0 Å². The monoisotopic (exact) mass is 300 g/mol. The minimum absolute atomic E-state index is 0.301. The van der Waals surface area contributed by atoms with Crippen LogP contribution in [0.25, 0.3) is 0 Å². The average molecular weight is 300 g/mol. The predicted molar refractivity (Wildman–Crippen MR) is 93.3 cm³/mol. The van der Waals surface area contributed by atoms with Gasteiger partial charge < -0.3 is 4.90 Å². The van der Waals surface area contributed by atoms with Gasteiger partial charge >= 0.3 is 0 Å². The van der Waals surface area contributed by atoms with Crippen LogP contribution in [0, 0.1) is 6.42 Å². The van der Waals surface area contributed by atoms with Gasteiger partial charge in [-0.1, -0.05) is 38.5 Å². The Labute approximate surface area is 135 Å². The third-order valence-electron chi connectivity index (χ3n) is 4.55. The van der Waals surface area contributed by atoms with Crippen LogP contribution in [0.5, 0.6) is 0 Å². The van der Waals surface area contributed by atoms with Gasteiger partial charge in [0, 0.05) is 12.0 Å². The summed E-state index contributed by atoms with van der Waals surface area (Å²) < 4.78 is 0. The van der Waals surface area contributed by atoms with Crippen LogP contribution >= 0.6 is 0 Å². The van der Waals surface area contributed by atoms with E-state index < -0.39 is 0 Å². The highest BCUT2D eigenvalue weighted by Crippen LogP contribution is 2.17. The van der Waals surface area contributed by atoms with Crippen molar-refractivity contribution in [1.82, 2.24) is 4.90 Å². The molecule has 0 atom stereocenters. The summed E-state index contributed by atoms with van der Waals surface area (Å²) >= 11 is 0. The van der Waals surface area contributed by atoms with E-state index in [9.17, 15) is 4.79 Å². The SMILES string of the molecule is CC(C)c1cccc(C(=O)CCCCCN2CC[CH]CC2)c1. The Balaban J connectivity index is 1.66. The van der Waals surface area contributed by atoms with Crippen molar-refractivity contribution in [3.8, 4) is 0 Å². The van der Waals surface area contributed by atoms with Gasteiger partial charge in [0.1, 0.15) is 0 Å². The Morgan fingerprint density at radius 1 is 1.14 bits per heavy atom. The summed E-state index contributed by atoms with van der Waals surface area (Å²) in [5.41, 5.74) is 2.14. The Morgan fingerprint density at radius 2 is 1.91 bits per heavy atom. The van der Waals surface area contributed by atoms with Gasteiger partial charge in [-0.05, 0) is 69.3 Å². The van der Waals surface area contributed by atoms with Gasteiger partial charge in [0.15, 0.2) is 5.78 Å². The number of ketones is 1. The molecule has 0 amide bonds. The van der Waals surface area contributed by atoms with Crippen LogP contribution in [0.15, 0.2) is 24.3 Å². The molecule has 0 aromatic heterocycles. The van der Waals surface area contributed by atoms with E-state index in [2.05, 4.69) is 37.3 Å². The average Bonchev–Trinajstić information content (AvgIpc) is 2.55. The molecule has 1 aromatic carbocycles. The Morgan fingerprint density at radius 3 is 2.64 bits per heavy atom.